The van der Waals surface area contributed by atoms with Crippen LogP contribution in [0.25, 0.3) is 129 Å². The van der Waals surface area contributed by atoms with Crippen LogP contribution in [-0.4, -0.2) is 0 Å². The van der Waals surface area contributed by atoms with Gasteiger partial charge in [0, 0.05) is 20.2 Å². The molecule has 12 aromatic carbocycles. The molecule has 0 atom stereocenters. The minimum Gasteiger partial charge on any atom is -0.135 e. The third kappa shape index (κ3) is 4.61. The summed E-state index contributed by atoms with van der Waals surface area (Å²) in [5.74, 6) is 0. The van der Waals surface area contributed by atoms with Crippen LogP contribution in [0.4, 0.5) is 0 Å². The van der Waals surface area contributed by atoms with Crippen LogP contribution >= 0.6 is 11.3 Å². The predicted octanol–water partition coefficient (Wildman–Crippen LogP) is 16.5. The van der Waals surface area contributed by atoms with Gasteiger partial charge < -0.3 is 0 Å². The molecule has 0 aliphatic carbocycles. The summed E-state index contributed by atoms with van der Waals surface area (Å²) < 4.78 is 2.63. The van der Waals surface area contributed by atoms with Crippen molar-refractivity contribution in [3.8, 4) is 44.5 Å². The van der Waals surface area contributed by atoms with Crippen molar-refractivity contribution in [3.63, 3.8) is 0 Å². The van der Waals surface area contributed by atoms with E-state index in [9.17, 15) is 0 Å². The van der Waals surface area contributed by atoms with E-state index in [1.54, 1.807) is 0 Å². The van der Waals surface area contributed by atoms with Crippen molar-refractivity contribution in [1.82, 2.24) is 0 Å². The Morgan fingerprint density at radius 1 is 0.228 bits per heavy atom. The highest BCUT2D eigenvalue weighted by Crippen LogP contribution is 2.43. The smallest absolute Gasteiger partial charge is 0.0361 e. The molecule has 1 aromatic heterocycles. The van der Waals surface area contributed by atoms with Crippen molar-refractivity contribution in [2.24, 2.45) is 0 Å². The molecule has 0 radical (unpaired) electrons. The standard InChI is InChI=1S/C56H32S/c1-5-33-13-15-37-17-23-45(49-27-19-35(7-1)53(33)55(37)49)43-11-3-9-39(29-43)41-21-25-47-48-26-22-42(32-52(48)57-51(47)31-41)40-10-4-12-44(30-40)46-24-18-38-16-14-34-6-2-8-36-20-28-50(46)56(38)54(34)36/h1-32H. The van der Waals surface area contributed by atoms with Crippen molar-refractivity contribution in [1.29, 1.82) is 0 Å². The highest BCUT2D eigenvalue weighted by molar-refractivity contribution is 7.25. The molecular weight excluding hydrogens is 705 g/mol. The fourth-order valence-electron chi connectivity index (χ4n) is 9.84. The lowest BCUT2D eigenvalue weighted by Crippen LogP contribution is -1.87. The van der Waals surface area contributed by atoms with Gasteiger partial charge in [0.2, 0.25) is 0 Å². The molecule has 0 nitrogen and oxygen atoms in total. The highest BCUT2D eigenvalue weighted by Gasteiger charge is 2.16. The zero-order chi connectivity index (χ0) is 37.2. The van der Waals surface area contributed by atoms with Crippen LogP contribution in [0.3, 0.4) is 0 Å². The van der Waals surface area contributed by atoms with Gasteiger partial charge in [-0.3, -0.25) is 0 Å². The molecule has 0 aliphatic rings. The Balaban J connectivity index is 0.874. The summed E-state index contributed by atoms with van der Waals surface area (Å²) in [6.07, 6.45) is 0. The Morgan fingerprint density at radius 3 is 1.02 bits per heavy atom. The minimum absolute atomic E-state index is 1.24. The SMILES string of the molecule is c1cc(-c2ccc3c(c2)sc2cc(-c4cccc(-c5ccc6ccc7cccc8ccc5c6c78)c4)ccc23)cc(-c2ccc3ccc4cccc5ccc2c3c45)c1. The molecule has 0 unspecified atom stereocenters. The van der Waals surface area contributed by atoms with Crippen LogP contribution in [-0.2, 0) is 0 Å². The van der Waals surface area contributed by atoms with E-state index in [2.05, 4.69) is 194 Å². The Labute approximate surface area is 333 Å². The van der Waals surface area contributed by atoms with Crippen molar-refractivity contribution in [3.05, 3.63) is 194 Å². The molecule has 0 saturated carbocycles. The molecule has 0 fully saturated rings. The maximum absolute atomic E-state index is 2.39. The van der Waals surface area contributed by atoms with Gasteiger partial charge >= 0.3 is 0 Å². The second-order valence-corrected chi connectivity index (χ2v) is 16.7. The third-order valence-corrected chi connectivity index (χ3v) is 13.7. The first kappa shape index (κ1) is 31.2. The normalized spacial score (nSPS) is 12.2. The summed E-state index contributed by atoms with van der Waals surface area (Å²) in [6.45, 7) is 0. The number of rotatable bonds is 4. The van der Waals surface area contributed by atoms with E-state index >= 15 is 0 Å². The molecule has 0 bridgehead atoms. The lowest BCUT2D eigenvalue weighted by Gasteiger charge is -2.15. The van der Waals surface area contributed by atoms with Gasteiger partial charge in [-0.1, -0.05) is 170 Å². The molecule has 57 heavy (non-hydrogen) atoms. The van der Waals surface area contributed by atoms with Crippen LogP contribution in [0.5, 0.6) is 0 Å². The summed E-state index contributed by atoms with van der Waals surface area (Å²) in [6, 6.07) is 72.8. The molecule has 262 valence electrons. The molecule has 1 heterocycles. The average molecular weight is 737 g/mol. The first-order valence-corrected chi connectivity index (χ1v) is 20.5. The second-order valence-electron chi connectivity index (χ2n) is 15.6. The van der Waals surface area contributed by atoms with Crippen molar-refractivity contribution in [2.45, 2.75) is 0 Å². The van der Waals surface area contributed by atoms with E-state index in [-0.39, 0.29) is 0 Å². The van der Waals surface area contributed by atoms with Crippen LogP contribution in [0, 0.1) is 0 Å². The number of benzene rings is 12. The Hall–Kier alpha value is -7.06. The molecule has 13 rings (SSSR count). The van der Waals surface area contributed by atoms with E-state index in [1.165, 1.54) is 129 Å². The molecular formula is C56H32S. The lowest BCUT2D eigenvalue weighted by atomic mass is 9.89. The first-order chi connectivity index (χ1) is 28.2. The summed E-state index contributed by atoms with van der Waals surface area (Å²) in [5.41, 5.74) is 10.0. The van der Waals surface area contributed by atoms with Crippen LogP contribution in [0.1, 0.15) is 0 Å². The van der Waals surface area contributed by atoms with E-state index in [0.717, 1.165) is 0 Å². The molecule has 1 heteroatoms. The van der Waals surface area contributed by atoms with Crippen molar-refractivity contribution >= 4 is 96.1 Å². The summed E-state index contributed by atoms with van der Waals surface area (Å²) in [7, 11) is 0. The molecule has 0 amide bonds. The summed E-state index contributed by atoms with van der Waals surface area (Å²) in [5, 5.41) is 18.5. The maximum Gasteiger partial charge on any atom is 0.0361 e. The van der Waals surface area contributed by atoms with Gasteiger partial charge in [-0.25, -0.2) is 0 Å². The van der Waals surface area contributed by atoms with E-state index in [0.29, 0.717) is 0 Å². The third-order valence-electron chi connectivity index (χ3n) is 12.5. The van der Waals surface area contributed by atoms with Crippen LogP contribution < -0.4 is 0 Å². The largest absolute Gasteiger partial charge is 0.135 e. The van der Waals surface area contributed by atoms with Gasteiger partial charge in [-0.15, -0.1) is 11.3 Å². The Kier molecular flexibility index (Phi) is 6.41. The fourth-order valence-corrected chi connectivity index (χ4v) is 11.0. The molecule has 0 N–H and O–H groups in total. The number of thiophene rings is 1. The molecule has 13 aromatic rings. The first-order valence-electron chi connectivity index (χ1n) is 19.7. The van der Waals surface area contributed by atoms with Gasteiger partial charge in [-0.05, 0) is 133 Å². The van der Waals surface area contributed by atoms with Crippen molar-refractivity contribution in [2.75, 3.05) is 0 Å². The molecule has 0 aliphatic heterocycles. The monoisotopic (exact) mass is 736 g/mol. The Morgan fingerprint density at radius 2 is 0.561 bits per heavy atom. The number of fused-ring (bicyclic) bond motifs is 3. The zero-order valence-electron chi connectivity index (χ0n) is 30.9. The van der Waals surface area contributed by atoms with E-state index < -0.39 is 0 Å². The summed E-state index contributed by atoms with van der Waals surface area (Å²) >= 11 is 1.89. The van der Waals surface area contributed by atoms with Gasteiger partial charge in [0.05, 0.1) is 0 Å². The predicted molar refractivity (Wildman–Crippen MR) is 248 cm³/mol. The molecule has 0 saturated heterocycles. The quantitative estimate of drug-likeness (QED) is 0.158. The van der Waals surface area contributed by atoms with Gasteiger partial charge in [-0.2, -0.15) is 0 Å². The number of hydrogen-bond acceptors (Lipinski definition) is 1. The zero-order valence-corrected chi connectivity index (χ0v) is 31.7. The molecule has 0 spiro atoms. The number of hydrogen-bond donors (Lipinski definition) is 0. The Bertz CT molecular complexity index is 3470. The summed E-state index contributed by atoms with van der Waals surface area (Å²) in [4.78, 5) is 0. The average Bonchev–Trinajstić information content (AvgIpc) is 3.65. The van der Waals surface area contributed by atoms with Crippen LogP contribution in [0.15, 0.2) is 194 Å². The van der Waals surface area contributed by atoms with Crippen LogP contribution in [0.2, 0.25) is 0 Å². The maximum atomic E-state index is 2.39. The van der Waals surface area contributed by atoms with Gasteiger partial charge in [0.25, 0.3) is 0 Å². The van der Waals surface area contributed by atoms with Gasteiger partial charge in [0.1, 0.15) is 0 Å². The minimum atomic E-state index is 1.24. The topological polar surface area (TPSA) is 0 Å². The van der Waals surface area contributed by atoms with Crippen molar-refractivity contribution < 1.29 is 0 Å². The second kappa shape index (κ2) is 11.7. The van der Waals surface area contributed by atoms with E-state index in [4.69, 9.17) is 0 Å². The van der Waals surface area contributed by atoms with Gasteiger partial charge in [0.15, 0.2) is 0 Å². The van der Waals surface area contributed by atoms with E-state index in [1.807, 2.05) is 11.3 Å². The fraction of sp³-hybridized carbons (Fsp3) is 0. The lowest BCUT2D eigenvalue weighted by molar-refractivity contribution is 1.63. The highest BCUT2D eigenvalue weighted by atomic mass is 32.1.